The molecule has 1 aromatic heterocycles. The second kappa shape index (κ2) is 7.55. The number of hydrogen-bond acceptors (Lipinski definition) is 6. The van der Waals surface area contributed by atoms with Gasteiger partial charge in [0.25, 0.3) is 0 Å². The molecule has 1 aromatic rings. The molecule has 0 aliphatic carbocycles. The normalized spacial score (nSPS) is 20.8. The van der Waals surface area contributed by atoms with Gasteiger partial charge in [0.15, 0.2) is 0 Å². The topological polar surface area (TPSA) is 78.5 Å². The molecule has 3 N–H and O–H groups in total. The Balaban J connectivity index is 1.63. The van der Waals surface area contributed by atoms with E-state index < -0.39 is 0 Å². The lowest BCUT2D eigenvalue weighted by atomic mass is 9.87. The van der Waals surface area contributed by atoms with E-state index in [0.29, 0.717) is 17.8 Å². The molecule has 0 radical (unpaired) electrons. The molecule has 0 saturated carbocycles. The second-order valence-electron chi connectivity index (χ2n) is 7.66. The number of nitrogens with zero attached hydrogens (tertiary/aromatic N) is 4. The zero-order chi connectivity index (χ0) is 17.1. The lowest BCUT2D eigenvalue weighted by Crippen LogP contribution is -2.38. The predicted molar refractivity (Wildman–Crippen MR) is 98.3 cm³/mol. The van der Waals surface area contributed by atoms with Gasteiger partial charge < -0.3 is 20.6 Å². The first kappa shape index (κ1) is 17.3. The standard InChI is InChI=1S/C18H31N5O/c1-13(2)11-15(24)14-5-9-23(10-6-14)17-12-16(20-18(19)21-17)22-7-3-4-8-22/h12-15,24H,3-11H2,1-2H3,(H2,19,20,21)/t15-/m1/s1. The maximum atomic E-state index is 10.4. The van der Waals surface area contributed by atoms with Crippen LogP contribution >= 0.6 is 0 Å². The highest BCUT2D eigenvalue weighted by molar-refractivity contribution is 5.54. The molecule has 6 nitrogen and oxygen atoms in total. The summed E-state index contributed by atoms with van der Waals surface area (Å²) in [7, 11) is 0. The third-order valence-corrected chi connectivity index (χ3v) is 5.27. The van der Waals surface area contributed by atoms with Crippen LogP contribution < -0.4 is 15.5 Å². The quantitative estimate of drug-likeness (QED) is 0.861. The molecule has 0 amide bonds. The van der Waals surface area contributed by atoms with Crippen LogP contribution in [0.15, 0.2) is 6.07 Å². The third-order valence-electron chi connectivity index (χ3n) is 5.27. The number of nitrogens with two attached hydrogens (primary N) is 1. The molecule has 6 heteroatoms. The highest BCUT2D eigenvalue weighted by Gasteiger charge is 2.27. The lowest BCUT2D eigenvalue weighted by Gasteiger charge is -2.35. The maximum absolute atomic E-state index is 10.4. The number of aliphatic hydroxyl groups excluding tert-OH is 1. The summed E-state index contributed by atoms with van der Waals surface area (Å²) < 4.78 is 0. The molecule has 2 saturated heterocycles. The maximum Gasteiger partial charge on any atom is 0.223 e. The summed E-state index contributed by atoms with van der Waals surface area (Å²) in [5, 5.41) is 10.4. The molecule has 2 fully saturated rings. The van der Waals surface area contributed by atoms with Crippen LogP contribution in [0.4, 0.5) is 17.6 Å². The van der Waals surface area contributed by atoms with Gasteiger partial charge in [0, 0.05) is 32.2 Å². The Kier molecular flexibility index (Phi) is 5.43. The number of nitrogen functional groups attached to an aromatic ring is 1. The molecule has 3 rings (SSSR count). The number of piperidine rings is 1. The molecule has 2 aliphatic heterocycles. The molecule has 1 atom stereocenters. The van der Waals surface area contributed by atoms with Gasteiger partial charge >= 0.3 is 0 Å². The van der Waals surface area contributed by atoms with Crippen molar-refractivity contribution in [1.29, 1.82) is 0 Å². The Hall–Kier alpha value is -1.56. The van der Waals surface area contributed by atoms with Crippen molar-refractivity contribution in [1.82, 2.24) is 9.97 Å². The highest BCUT2D eigenvalue weighted by atomic mass is 16.3. The van der Waals surface area contributed by atoms with E-state index in [0.717, 1.165) is 57.1 Å². The summed E-state index contributed by atoms with van der Waals surface area (Å²) in [6.07, 6.45) is 5.18. The monoisotopic (exact) mass is 333 g/mol. The summed E-state index contributed by atoms with van der Waals surface area (Å²) in [5.74, 6) is 3.19. The fourth-order valence-electron chi connectivity index (χ4n) is 3.90. The minimum absolute atomic E-state index is 0.178. The lowest BCUT2D eigenvalue weighted by molar-refractivity contribution is 0.0734. The van der Waals surface area contributed by atoms with Gasteiger partial charge in [-0.25, -0.2) is 0 Å². The van der Waals surface area contributed by atoms with Crippen LogP contribution in [0.1, 0.15) is 46.0 Å². The van der Waals surface area contributed by atoms with Gasteiger partial charge in [-0.15, -0.1) is 0 Å². The molecule has 24 heavy (non-hydrogen) atoms. The molecule has 134 valence electrons. The molecule has 0 bridgehead atoms. The number of hydrogen-bond donors (Lipinski definition) is 2. The van der Waals surface area contributed by atoms with Gasteiger partial charge in [0.2, 0.25) is 5.95 Å². The Labute approximate surface area is 145 Å². The first-order valence-electron chi connectivity index (χ1n) is 9.35. The van der Waals surface area contributed by atoms with E-state index in [-0.39, 0.29) is 6.10 Å². The van der Waals surface area contributed by atoms with Crippen molar-refractivity contribution in [3.8, 4) is 0 Å². The summed E-state index contributed by atoms with van der Waals surface area (Å²) in [6.45, 7) is 8.30. The average molecular weight is 333 g/mol. The minimum Gasteiger partial charge on any atom is -0.393 e. The van der Waals surface area contributed by atoms with Crippen molar-refractivity contribution >= 4 is 17.6 Å². The first-order chi connectivity index (χ1) is 11.5. The van der Waals surface area contributed by atoms with Crippen LogP contribution in [-0.4, -0.2) is 47.4 Å². The zero-order valence-electron chi connectivity index (χ0n) is 15.0. The van der Waals surface area contributed by atoms with Gasteiger partial charge in [-0.05, 0) is 43.9 Å². The Morgan fingerprint density at radius 2 is 1.62 bits per heavy atom. The number of aliphatic hydroxyl groups is 1. The van der Waals surface area contributed by atoms with E-state index in [2.05, 4.69) is 39.7 Å². The smallest absolute Gasteiger partial charge is 0.223 e. The summed E-state index contributed by atoms with van der Waals surface area (Å²) in [5.41, 5.74) is 5.95. The van der Waals surface area contributed by atoms with Gasteiger partial charge in [-0.2, -0.15) is 9.97 Å². The van der Waals surface area contributed by atoms with Crippen molar-refractivity contribution in [2.24, 2.45) is 11.8 Å². The minimum atomic E-state index is -0.178. The molecule has 0 unspecified atom stereocenters. The van der Waals surface area contributed by atoms with Crippen LogP contribution in [0.3, 0.4) is 0 Å². The number of rotatable bonds is 5. The third kappa shape index (κ3) is 4.09. The summed E-state index contributed by atoms with van der Waals surface area (Å²) >= 11 is 0. The van der Waals surface area contributed by atoms with E-state index in [1.165, 1.54) is 12.8 Å². The first-order valence-corrected chi connectivity index (χ1v) is 9.35. The van der Waals surface area contributed by atoms with E-state index in [1.54, 1.807) is 0 Å². The fourth-order valence-corrected chi connectivity index (χ4v) is 3.90. The van der Waals surface area contributed by atoms with Crippen LogP contribution in [0.2, 0.25) is 0 Å². The average Bonchev–Trinajstić information content (AvgIpc) is 3.08. The Morgan fingerprint density at radius 1 is 1.08 bits per heavy atom. The highest BCUT2D eigenvalue weighted by Crippen LogP contribution is 2.29. The summed E-state index contributed by atoms with van der Waals surface area (Å²) in [4.78, 5) is 13.4. The molecule has 2 aliphatic rings. The van der Waals surface area contributed by atoms with Crippen LogP contribution in [0.25, 0.3) is 0 Å². The SMILES string of the molecule is CC(C)C[C@@H](O)C1CCN(c2cc(N3CCCC3)nc(N)n2)CC1. The number of anilines is 3. The van der Waals surface area contributed by atoms with Crippen LogP contribution in [-0.2, 0) is 0 Å². The van der Waals surface area contributed by atoms with E-state index in [4.69, 9.17) is 5.73 Å². The fraction of sp³-hybridized carbons (Fsp3) is 0.778. The number of aromatic nitrogens is 2. The van der Waals surface area contributed by atoms with Gasteiger partial charge in [-0.1, -0.05) is 13.8 Å². The van der Waals surface area contributed by atoms with Gasteiger partial charge in [-0.3, -0.25) is 0 Å². The Bertz CT molecular complexity index is 536. The van der Waals surface area contributed by atoms with E-state index >= 15 is 0 Å². The largest absolute Gasteiger partial charge is 0.393 e. The molecule has 3 heterocycles. The van der Waals surface area contributed by atoms with Crippen LogP contribution in [0.5, 0.6) is 0 Å². The molecule has 0 spiro atoms. The van der Waals surface area contributed by atoms with Gasteiger partial charge in [0.1, 0.15) is 11.6 Å². The summed E-state index contributed by atoms with van der Waals surface area (Å²) in [6, 6.07) is 2.08. The van der Waals surface area contributed by atoms with Crippen molar-refractivity contribution in [2.45, 2.75) is 52.1 Å². The molecular weight excluding hydrogens is 302 g/mol. The second-order valence-corrected chi connectivity index (χ2v) is 7.66. The van der Waals surface area contributed by atoms with Gasteiger partial charge in [0.05, 0.1) is 6.10 Å². The van der Waals surface area contributed by atoms with Crippen molar-refractivity contribution in [3.63, 3.8) is 0 Å². The van der Waals surface area contributed by atoms with E-state index in [1.807, 2.05) is 0 Å². The Morgan fingerprint density at radius 3 is 2.17 bits per heavy atom. The zero-order valence-corrected chi connectivity index (χ0v) is 15.0. The molecule has 0 aromatic carbocycles. The van der Waals surface area contributed by atoms with Crippen molar-refractivity contribution < 1.29 is 5.11 Å². The van der Waals surface area contributed by atoms with Crippen molar-refractivity contribution in [3.05, 3.63) is 6.07 Å². The van der Waals surface area contributed by atoms with Crippen molar-refractivity contribution in [2.75, 3.05) is 41.7 Å². The molecular formula is C18H31N5O. The van der Waals surface area contributed by atoms with E-state index in [9.17, 15) is 5.11 Å². The van der Waals surface area contributed by atoms with Crippen LogP contribution in [0, 0.1) is 11.8 Å². The predicted octanol–water partition coefficient (Wildman–Crippen LogP) is 2.28.